The minimum Gasteiger partial charge on any atom is -0.366 e. The number of fused-ring (bicyclic) bond motifs is 2. The molecule has 3 fully saturated rings. The van der Waals surface area contributed by atoms with Crippen LogP contribution in [-0.4, -0.2) is 95.2 Å². The summed E-state index contributed by atoms with van der Waals surface area (Å²) in [5.41, 5.74) is 1.78. The van der Waals surface area contributed by atoms with E-state index in [1.807, 2.05) is 18.0 Å². The van der Waals surface area contributed by atoms with E-state index in [2.05, 4.69) is 39.6 Å². The molecule has 0 aromatic carbocycles. The minimum atomic E-state index is -0.397. The van der Waals surface area contributed by atoms with Crippen molar-refractivity contribution in [2.45, 2.75) is 56.7 Å². The number of carbonyl (C=O) groups excluding carboxylic acids is 1. The summed E-state index contributed by atoms with van der Waals surface area (Å²) in [5, 5.41) is 9.42. The van der Waals surface area contributed by atoms with Crippen molar-refractivity contribution >= 4 is 23.4 Å². The third-order valence-electron chi connectivity index (χ3n) is 8.60. The maximum absolute atomic E-state index is 13.4. The Kier molecular flexibility index (Phi) is 6.00. The predicted molar refractivity (Wildman–Crippen MR) is 139 cm³/mol. The maximum Gasteiger partial charge on any atom is 0.253 e. The van der Waals surface area contributed by atoms with Crippen LogP contribution in [0.3, 0.4) is 0 Å². The molecular formula is C27H34N8O2. The summed E-state index contributed by atoms with van der Waals surface area (Å²) < 4.78 is 5.84. The van der Waals surface area contributed by atoms with E-state index in [0.29, 0.717) is 31.8 Å². The maximum atomic E-state index is 13.4. The number of nitrogens with zero attached hydrogens (tertiary/aromatic N) is 8. The van der Waals surface area contributed by atoms with Crippen LogP contribution in [0.5, 0.6) is 0 Å². The van der Waals surface area contributed by atoms with Gasteiger partial charge in [-0.25, -0.2) is 15.0 Å². The van der Waals surface area contributed by atoms with Crippen LogP contribution in [-0.2, 0) is 14.9 Å². The Balaban J connectivity index is 1.30. The number of piperazine rings is 1. The van der Waals surface area contributed by atoms with Gasteiger partial charge < -0.3 is 24.3 Å². The van der Waals surface area contributed by atoms with Gasteiger partial charge in [0.15, 0.2) is 0 Å². The Morgan fingerprint density at radius 1 is 1.14 bits per heavy atom. The molecular weight excluding hydrogens is 468 g/mol. The number of anilines is 3. The Labute approximate surface area is 217 Å². The SMILES string of the molecule is C[C@@H]1CN(c2ncnc3c2C2(CCC2)CN3c2cc(C#N)ccn2)[C@@H](C)CN1C(=O)[C@H]1CN(C)CCO1. The first-order valence-electron chi connectivity index (χ1n) is 13.3. The summed E-state index contributed by atoms with van der Waals surface area (Å²) in [6.45, 7) is 8.51. The molecule has 10 nitrogen and oxygen atoms in total. The largest absolute Gasteiger partial charge is 0.366 e. The van der Waals surface area contributed by atoms with Crippen LogP contribution in [0, 0.1) is 11.3 Å². The lowest BCUT2D eigenvalue weighted by molar-refractivity contribution is -0.151. The fraction of sp³-hybridized carbons (Fsp3) is 0.593. The number of pyridine rings is 1. The summed E-state index contributed by atoms with van der Waals surface area (Å²) in [5.74, 6) is 2.71. The summed E-state index contributed by atoms with van der Waals surface area (Å²) >= 11 is 0. The number of likely N-dealkylation sites (N-methyl/N-ethyl adjacent to an activating group) is 1. The molecule has 2 aromatic rings. The van der Waals surface area contributed by atoms with Crippen LogP contribution >= 0.6 is 0 Å². The Hall–Kier alpha value is -3.29. The first-order valence-corrected chi connectivity index (χ1v) is 13.3. The van der Waals surface area contributed by atoms with Gasteiger partial charge in [0.25, 0.3) is 5.91 Å². The zero-order chi connectivity index (χ0) is 25.7. The van der Waals surface area contributed by atoms with E-state index in [4.69, 9.17) is 14.7 Å². The molecule has 6 rings (SSSR count). The minimum absolute atomic E-state index is 0.00725. The van der Waals surface area contributed by atoms with Crippen LogP contribution in [0.4, 0.5) is 17.5 Å². The predicted octanol–water partition coefficient (Wildman–Crippen LogP) is 2.07. The molecule has 5 heterocycles. The smallest absolute Gasteiger partial charge is 0.253 e. The van der Waals surface area contributed by atoms with Gasteiger partial charge in [-0.1, -0.05) is 6.42 Å². The van der Waals surface area contributed by atoms with Gasteiger partial charge in [0.05, 0.1) is 18.2 Å². The highest BCUT2D eigenvalue weighted by Crippen LogP contribution is 2.56. The monoisotopic (exact) mass is 502 g/mol. The van der Waals surface area contributed by atoms with Gasteiger partial charge in [-0.15, -0.1) is 0 Å². The van der Waals surface area contributed by atoms with Crippen molar-refractivity contribution in [3.05, 3.63) is 35.8 Å². The molecule has 0 radical (unpaired) electrons. The molecule has 4 aliphatic rings. The fourth-order valence-corrected chi connectivity index (χ4v) is 6.40. The van der Waals surface area contributed by atoms with Crippen LogP contribution in [0.2, 0.25) is 0 Å². The molecule has 194 valence electrons. The first kappa shape index (κ1) is 24.1. The van der Waals surface area contributed by atoms with E-state index in [-0.39, 0.29) is 23.4 Å². The van der Waals surface area contributed by atoms with Gasteiger partial charge in [0, 0.05) is 62.0 Å². The average Bonchev–Trinajstić information content (AvgIpc) is 3.26. The quantitative estimate of drug-likeness (QED) is 0.624. The van der Waals surface area contributed by atoms with E-state index < -0.39 is 6.10 Å². The molecule has 0 N–H and O–H groups in total. The highest BCUT2D eigenvalue weighted by atomic mass is 16.5. The molecule has 1 amide bonds. The molecule has 2 aromatic heterocycles. The molecule has 10 heteroatoms. The van der Waals surface area contributed by atoms with Crippen molar-refractivity contribution in [1.29, 1.82) is 5.26 Å². The van der Waals surface area contributed by atoms with Crippen LogP contribution in [0.1, 0.15) is 44.2 Å². The number of nitriles is 1. The lowest BCUT2D eigenvalue weighted by Gasteiger charge is -2.47. The van der Waals surface area contributed by atoms with E-state index in [1.54, 1.807) is 18.6 Å². The summed E-state index contributed by atoms with van der Waals surface area (Å²) in [6.07, 6.45) is 6.29. The number of ether oxygens (including phenoxy) is 1. The first-order chi connectivity index (χ1) is 17.9. The van der Waals surface area contributed by atoms with E-state index in [1.165, 1.54) is 12.0 Å². The number of carbonyl (C=O) groups is 1. The zero-order valence-electron chi connectivity index (χ0n) is 21.8. The van der Waals surface area contributed by atoms with Gasteiger partial charge >= 0.3 is 0 Å². The van der Waals surface area contributed by atoms with Crippen LogP contribution < -0.4 is 9.80 Å². The third-order valence-corrected chi connectivity index (χ3v) is 8.60. The van der Waals surface area contributed by atoms with Crippen molar-refractivity contribution in [3.63, 3.8) is 0 Å². The summed E-state index contributed by atoms with van der Waals surface area (Å²) in [6, 6.07) is 5.93. The zero-order valence-corrected chi connectivity index (χ0v) is 21.8. The van der Waals surface area contributed by atoms with Gasteiger partial charge in [-0.3, -0.25) is 4.79 Å². The van der Waals surface area contributed by atoms with E-state index in [9.17, 15) is 10.1 Å². The standard InChI is InChI=1S/C27H34N8O2/c1-18-14-34(26(36)21-15-32(3)9-10-37-21)19(2)13-33(18)24-23-25(31-17-30-24)35(16-27(23)6-4-7-27)22-11-20(12-28)5-8-29-22/h5,8,11,17-19,21H,4,6-7,9-10,13-16H2,1-3H3/t18-,19+,21+/m0/s1. The van der Waals surface area contributed by atoms with Crippen molar-refractivity contribution in [2.24, 2.45) is 0 Å². The molecule has 3 atom stereocenters. The van der Waals surface area contributed by atoms with E-state index in [0.717, 1.165) is 43.4 Å². The molecule has 1 saturated carbocycles. The lowest BCUT2D eigenvalue weighted by Crippen LogP contribution is -2.62. The molecule has 1 aliphatic carbocycles. The Bertz CT molecular complexity index is 1240. The molecule has 3 aliphatic heterocycles. The van der Waals surface area contributed by atoms with Gasteiger partial charge in [0.1, 0.15) is 29.9 Å². The second-order valence-electron chi connectivity index (χ2n) is 11.1. The number of hydrogen-bond donors (Lipinski definition) is 0. The molecule has 1 spiro atoms. The Morgan fingerprint density at radius 2 is 1.95 bits per heavy atom. The van der Waals surface area contributed by atoms with Gasteiger partial charge in [-0.05, 0) is 45.9 Å². The third kappa shape index (κ3) is 4.01. The summed E-state index contributed by atoms with van der Waals surface area (Å²) in [4.78, 5) is 36.2. The molecule has 37 heavy (non-hydrogen) atoms. The van der Waals surface area contributed by atoms with Crippen molar-refractivity contribution in [3.8, 4) is 6.07 Å². The molecule has 0 bridgehead atoms. The number of morpholine rings is 1. The van der Waals surface area contributed by atoms with Gasteiger partial charge in [-0.2, -0.15) is 5.26 Å². The van der Waals surface area contributed by atoms with Crippen molar-refractivity contribution < 1.29 is 9.53 Å². The van der Waals surface area contributed by atoms with Crippen molar-refractivity contribution in [2.75, 3.05) is 56.2 Å². The highest BCUT2D eigenvalue weighted by Gasteiger charge is 2.52. The number of rotatable bonds is 3. The van der Waals surface area contributed by atoms with Crippen molar-refractivity contribution in [1.82, 2.24) is 24.8 Å². The van der Waals surface area contributed by atoms with Crippen LogP contribution in [0.15, 0.2) is 24.7 Å². The van der Waals surface area contributed by atoms with Crippen LogP contribution in [0.25, 0.3) is 0 Å². The van der Waals surface area contributed by atoms with Gasteiger partial charge in [0.2, 0.25) is 0 Å². The summed E-state index contributed by atoms with van der Waals surface area (Å²) in [7, 11) is 2.04. The Morgan fingerprint density at radius 3 is 2.68 bits per heavy atom. The fourth-order valence-electron chi connectivity index (χ4n) is 6.40. The average molecular weight is 503 g/mol. The molecule has 2 saturated heterocycles. The number of amides is 1. The highest BCUT2D eigenvalue weighted by molar-refractivity contribution is 5.82. The second kappa shape index (κ2) is 9.23. The number of aromatic nitrogens is 3. The molecule has 0 unspecified atom stereocenters. The second-order valence-corrected chi connectivity index (χ2v) is 11.1. The topological polar surface area (TPSA) is 102 Å². The normalized spacial score (nSPS) is 27.1. The van der Waals surface area contributed by atoms with E-state index >= 15 is 0 Å². The lowest BCUT2D eigenvalue weighted by atomic mass is 9.66. The number of hydrogen-bond acceptors (Lipinski definition) is 9.